The van der Waals surface area contributed by atoms with E-state index in [-0.39, 0.29) is 4.90 Å². The number of hydrogen-bond acceptors (Lipinski definition) is 7. The number of pyridine rings is 1. The van der Waals surface area contributed by atoms with E-state index >= 15 is 0 Å². The molecule has 0 aliphatic carbocycles. The summed E-state index contributed by atoms with van der Waals surface area (Å²) in [5.41, 5.74) is 2.17. The lowest BCUT2D eigenvalue weighted by Crippen LogP contribution is -2.45. The molecule has 0 atom stereocenters. The highest BCUT2D eigenvalue weighted by Crippen LogP contribution is 2.25. The SMILES string of the molecule is Cc1ncc(N2CCN(Cc3ccc(NS(=O)(=O)c4cccc5cccnc45)cc3)CC2)s1. The van der Waals surface area contributed by atoms with Crippen LogP contribution in [0.4, 0.5) is 10.7 Å². The molecular formula is C24H25N5O2S2. The largest absolute Gasteiger partial charge is 0.360 e. The van der Waals surface area contributed by atoms with Crippen LogP contribution in [0.3, 0.4) is 0 Å². The van der Waals surface area contributed by atoms with Crippen LogP contribution in [-0.4, -0.2) is 49.5 Å². The van der Waals surface area contributed by atoms with Crippen molar-refractivity contribution < 1.29 is 8.42 Å². The Morgan fingerprint density at radius 1 is 0.970 bits per heavy atom. The van der Waals surface area contributed by atoms with Gasteiger partial charge in [0.25, 0.3) is 10.0 Å². The van der Waals surface area contributed by atoms with E-state index in [1.54, 1.807) is 35.7 Å². The molecule has 170 valence electrons. The zero-order valence-corrected chi connectivity index (χ0v) is 19.9. The lowest BCUT2D eigenvalue weighted by molar-refractivity contribution is 0.250. The first kappa shape index (κ1) is 21.8. The average Bonchev–Trinajstić information content (AvgIpc) is 3.26. The van der Waals surface area contributed by atoms with E-state index < -0.39 is 10.0 Å². The van der Waals surface area contributed by atoms with Crippen molar-refractivity contribution in [2.24, 2.45) is 0 Å². The second-order valence-corrected chi connectivity index (χ2v) is 11.0. The summed E-state index contributed by atoms with van der Waals surface area (Å²) in [7, 11) is -3.74. The number of rotatable bonds is 6. The summed E-state index contributed by atoms with van der Waals surface area (Å²) >= 11 is 1.74. The number of para-hydroxylation sites is 1. The molecule has 0 bridgehead atoms. The minimum absolute atomic E-state index is 0.179. The number of nitrogens with one attached hydrogen (secondary N) is 1. The molecule has 0 unspecified atom stereocenters. The van der Waals surface area contributed by atoms with Crippen molar-refractivity contribution in [1.29, 1.82) is 0 Å². The van der Waals surface area contributed by atoms with E-state index in [0.717, 1.165) is 48.7 Å². The Hall–Kier alpha value is -3.01. The molecule has 1 N–H and O–H groups in total. The van der Waals surface area contributed by atoms with Crippen molar-refractivity contribution in [3.63, 3.8) is 0 Å². The van der Waals surface area contributed by atoms with Gasteiger partial charge in [-0.1, -0.05) is 30.3 Å². The third-order valence-electron chi connectivity index (χ3n) is 5.79. The average molecular weight is 480 g/mol. The predicted octanol–water partition coefficient (Wildman–Crippen LogP) is 4.12. The molecule has 3 heterocycles. The molecule has 4 aromatic rings. The van der Waals surface area contributed by atoms with Gasteiger partial charge in [0.1, 0.15) is 9.90 Å². The lowest BCUT2D eigenvalue weighted by Gasteiger charge is -2.35. The first-order chi connectivity index (χ1) is 16.0. The maximum absolute atomic E-state index is 13.0. The van der Waals surface area contributed by atoms with E-state index in [1.165, 1.54) is 5.00 Å². The molecule has 2 aromatic carbocycles. The Balaban J connectivity index is 1.22. The fourth-order valence-corrected chi connectivity index (χ4v) is 6.13. The normalized spacial score (nSPS) is 15.1. The Labute approximate surface area is 197 Å². The van der Waals surface area contributed by atoms with Gasteiger partial charge in [0.15, 0.2) is 0 Å². The highest BCUT2D eigenvalue weighted by atomic mass is 32.2. The summed E-state index contributed by atoms with van der Waals surface area (Å²) in [6.45, 7) is 6.82. The van der Waals surface area contributed by atoms with Crippen molar-refractivity contribution >= 4 is 43.0 Å². The molecule has 1 fully saturated rings. The molecule has 33 heavy (non-hydrogen) atoms. The molecular weight excluding hydrogens is 454 g/mol. The van der Waals surface area contributed by atoms with Gasteiger partial charge in [0.05, 0.1) is 16.7 Å². The summed E-state index contributed by atoms with van der Waals surface area (Å²) < 4.78 is 28.7. The van der Waals surface area contributed by atoms with Crippen molar-refractivity contribution in [1.82, 2.24) is 14.9 Å². The topological polar surface area (TPSA) is 78.4 Å². The van der Waals surface area contributed by atoms with Gasteiger partial charge < -0.3 is 4.90 Å². The number of nitrogens with zero attached hydrogens (tertiary/aromatic N) is 4. The number of thiazole rings is 1. The molecule has 9 heteroatoms. The van der Waals surface area contributed by atoms with Gasteiger partial charge in [-0.3, -0.25) is 14.6 Å². The second-order valence-electron chi connectivity index (χ2n) is 8.11. The third-order valence-corrected chi connectivity index (χ3v) is 8.18. The first-order valence-corrected chi connectivity index (χ1v) is 13.1. The molecule has 0 spiro atoms. The van der Waals surface area contributed by atoms with Crippen molar-refractivity contribution in [3.8, 4) is 0 Å². The van der Waals surface area contributed by atoms with Crippen LogP contribution in [-0.2, 0) is 16.6 Å². The highest BCUT2D eigenvalue weighted by Gasteiger charge is 2.20. The van der Waals surface area contributed by atoms with Crippen LogP contribution < -0.4 is 9.62 Å². The minimum Gasteiger partial charge on any atom is -0.360 e. The highest BCUT2D eigenvalue weighted by molar-refractivity contribution is 7.93. The maximum Gasteiger partial charge on any atom is 0.264 e. The number of sulfonamides is 1. The van der Waals surface area contributed by atoms with E-state index in [4.69, 9.17) is 0 Å². The van der Waals surface area contributed by atoms with Gasteiger partial charge in [-0.05, 0) is 36.8 Å². The number of aryl methyl sites for hydroxylation is 1. The fraction of sp³-hybridized carbons (Fsp3) is 0.250. The minimum atomic E-state index is -3.74. The molecule has 5 rings (SSSR count). The summed E-state index contributed by atoms with van der Waals surface area (Å²) in [5, 5.41) is 3.13. The zero-order valence-electron chi connectivity index (χ0n) is 18.3. The maximum atomic E-state index is 13.0. The number of anilines is 2. The Morgan fingerprint density at radius 3 is 2.45 bits per heavy atom. The Bertz CT molecular complexity index is 1360. The zero-order chi connectivity index (χ0) is 22.8. The number of benzene rings is 2. The monoisotopic (exact) mass is 479 g/mol. The summed E-state index contributed by atoms with van der Waals surface area (Å²) in [6, 6.07) is 16.4. The predicted molar refractivity (Wildman–Crippen MR) is 133 cm³/mol. The van der Waals surface area contributed by atoms with E-state index in [2.05, 4.69) is 24.5 Å². The van der Waals surface area contributed by atoms with Crippen LogP contribution in [0, 0.1) is 6.92 Å². The number of piperazine rings is 1. The van der Waals surface area contributed by atoms with Crippen LogP contribution in [0.1, 0.15) is 10.6 Å². The quantitative estimate of drug-likeness (QED) is 0.448. The van der Waals surface area contributed by atoms with Gasteiger partial charge in [0, 0.05) is 50.0 Å². The molecule has 1 saturated heterocycles. The number of fused-ring (bicyclic) bond motifs is 1. The van der Waals surface area contributed by atoms with Crippen molar-refractivity contribution in [3.05, 3.63) is 77.6 Å². The van der Waals surface area contributed by atoms with Gasteiger partial charge in [-0.25, -0.2) is 13.4 Å². The van der Waals surface area contributed by atoms with Crippen LogP contribution in [0.2, 0.25) is 0 Å². The van der Waals surface area contributed by atoms with Crippen molar-refractivity contribution in [2.75, 3.05) is 35.8 Å². The standard InChI is InChI=1S/C24H25N5O2S2/c1-18-26-16-23(32-18)29-14-12-28(13-15-29)17-19-7-9-21(10-8-19)27-33(30,31)22-6-2-4-20-5-3-11-25-24(20)22/h2-11,16,27H,12-15,17H2,1H3. The lowest BCUT2D eigenvalue weighted by atomic mass is 10.2. The molecule has 2 aromatic heterocycles. The Kier molecular flexibility index (Phi) is 6.01. The van der Waals surface area contributed by atoms with Crippen LogP contribution in [0.25, 0.3) is 10.9 Å². The fourth-order valence-electron chi connectivity index (χ4n) is 4.06. The molecule has 7 nitrogen and oxygen atoms in total. The smallest absolute Gasteiger partial charge is 0.264 e. The molecule has 0 radical (unpaired) electrons. The van der Waals surface area contributed by atoms with Gasteiger partial charge in [-0.2, -0.15) is 0 Å². The molecule has 0 amide bonds. The number of aromatic nitrogens is 2. The van der Waals surface area contributed by atoms with Gasteiger partial charge >= 0.3 is 0 Å². The second kappa shape index (κ2) is 9.09. The molecule has 1 aliphatic rings. The summed E-state index contributed by atoms with van der Waals surface area (Å²) in [5.74, 6) is 0. The van der Waals surface area contributed by atoms with E-state index in [9.17, 15) is 8.42 Å². The van der Waals surface area contributed by atoms with E-state index in [0.29, 0.717) is 11.2 Å². The molecule has 1 aliphatic heterocycles. The van der Waals surface area contributed by atoms with E-state index in [1.807, 2.05) is 49.5 Å². The van der Waals surface area contributed by atoms with Crippen LogP contribution in [0.15, 0.2) is 71.9 Å². The molecule has 0 saturated carbocycles. The summed E-state index contributed by atoms with van der Waals surface area (Å²) in [6.07, 6.45) is 3.57. The van der Waals surface area contributed by atoms with Crippen LogP contribution in [0.5, 0.6) is 0 Å². The first-order valence-electron chi connectivity index (χ1n) is 10.8. The third kappa shape index (κ3) is 4.85. The van der Waals surface area contributed by atoms with Gasteiger partial charge in [-0.15, -0.1) is 11.3 Å². The van der Waals surface area contributed by atoms with Gasteiger partial charge in [0.2, 0.25) is 0 Å². The van der Waals surface area contributed by atoms with Crippen molar-refractivity contribution in [2.45, 2.75) is 18.4 Å². The Morgan fingerprint density at radius 2 is 1.73 bits per heavy atom. The van der Waals surface area contributed by atoms with Crippen LogP contribution >= 0.6 is 11.3 Å². The number of hydrogen-bond donors (Lipinski definition) is 1. The summed E-state index contributed by atoms with van der Waals surface area (Å²) in [4.78, 5) is 13.6.